The predicted octanol–water partition coefficient (Wildman–Crippen LogP) is 1.84. The number of amides is 1. The number of likely N-dealkylation sites (tertiary alicyclic amines) is 1. The highest BCUT2D eigenvalue weighted by Gasteiger charge is 2.31. The average molecular weight is 386 g/mol. The number of hydrogen-bond acceptors (Lipinski definition) is 3. The summed E-state index contributed by atoms with van der Waals surface area (Å²) in [5, 5.41) is 0. The maximum absolute atomic E-state index is 12.5. The summed E-state index contributed by atoms with van der Waals surface area (Å²) in [6, 6.07) is 8.33. The molecule has 0 spiro atoms. The molecule has 1 amide bonds. The van der Waals surface area contributed by atoms with Crippen LogP contribution in [0.1, 0.15) is 16.8 Å². The van der Waals surface area contributed by atoms with Crippen LogP contribution in [-0.4, -0.2) is 61.1 Å². The summed E-state index contributed by atoms with van der Waals surface area (Å²) in [6.07, 6.45) is 1.08. The molecular weight excluding hydrogens is 367 g/mol. The Kier molecular flexibility index (Phi) is 4.58. The van der Waals surface area contributed by atoms with Crippen LogP contribution in [0.5, 0.6) is 0 Å². The number of carbonyl (C=O) groups is 1. The van der Waals surface area contributed by atoms with Crippen molar-refractivity contribution >= 4 is 28.5 Å². The van der Waals surface area contributed by atoms with Gasteiger partial charge >= 0.3 is 0 Å². The van der Waals surface area contributed by atoms with Gasteiger partial charge in [-0.3, -0.25) is 9.69 Å². The smallest absolute Gasteiger partial charge is 0.253 e. The number of benzene rings is 1. The van der Waals surface area contributed by atoms with Crippen LogP contribution in [-0.2, 0) is 4.74 Å². The van der Waals surface area contributed by atoms with Crippen molar-refractivity contribution in [1.82, 2.24) is 9.80 Å². The average Bonchev–Trinajstić information content (AvgIpc) is 2.98. The van der Waals surface area contributed by atoms with Gasteiger partial charge in [0, 0.05) is 41.4 Å². The van der Waals surface area contributed by atoms with E-state index in [-0.39, 0.29) is 5.91 Å². The molecule has 2 aliphatic rings. The topological polar surface area (TPSA) is 32.8 Å². The molecule has 1 aromatic rings. The highest BCUT2D eigenvalue weighted by Crippen LogP contribution is 2.19. The van der Waals surface area contributed by atoms with Crippen molar-refractivity contribution < 1.29 is 9.53 Å². The van der Waals surface area contributed by atoms with Gasteiger partial charge in [-0.25, -0.2) is 0 Å². The monoisotopic (exact) mass is 386 g/mol. The molecule has 0 radical (unpaired) electrons. The van der Waals surface area contributed by atoms with E-state index in [4.69, 9.17) is 4.74 Å². The minimum atomic E-state index is 0.164. The molecule has 1 atom stereocenters. The zero-order valence-corrected chi connectivity index (χ0v) is 13.6. The highest BCUT2D eigenvalue weighted by molar-refractivity contribution is 14.1. The fourth-order valence-electron chi connectivity index (χ4n) is 2.94. The van der Waals surface area contributed by atoms with Crippen LogP contribution in [0.2, 0.25) is 0 Å². The van der Waals surface area contributed by atoms with Gasteiger partial charge in [0.1, 0.15) is 0 Å². The summed E-state index contributed by atoms with van der Waals surface area (Å²) in [5.74, 6) is 0.164. The van der Waals surface area contributed by atoms with Gasteiger partial charge in [-0.2, -0.15) is 0 Å². The number of nitrogens with zero attached hydrogens (tertiary/aromatic N) is 2. The zero-order valence-electron chi connectivity index (χ0n) is 11.4. The minimum Gasteiger partial charge on any atom is -0.379 e. The maximum Gasteiger partial charge on any atom is 0.253 e. The number of rotatable bonds is 2. The van der Waals surface area contributed by atoms with Crippen molar-refractivity contribution in [2.24, 2.45) is 0 Å². The molecule has 0 bridgehead atoms. The number of hydrogen-bond donors (Lipinski definition) is 0. The standard InChI is InChI=1S/C15H19IN2O2/c16-13-3-1-12(2-4-13)15(19)18-6-5-14(11-18)17-7-9-20-10-8-17/h1-4,14H,5-11H2. The lowest BCUT2D eigenvalue weighted by atomic mass is 10.2. The minimum absolute atomic E-state index is 0.164. The molecule has 2 aliphatic heterocycles. The molecule has 2 fully saturated rings. The van der Waals surface area contributed by atoms with Gasteiger partial charge in [0.25, 0.3) is 5.91 Å². The summed E-state index contributed by atoms with van der Waals surface area (Å²) < 4.78 is 6.55. The molecule has 2 saturated heterocycles. The van der Waals surface area contributed by atoms with Crippen molar-refractivity contribution in [2.75, 3.05) is 39.4 Å². The van der Waals surface area contributed by atoms with Crippen LogP contribution in [0.15, 0.2) is 24.3 Å². The first-order chi connectivity index (χ1) is 9.74. The van der Waals surface area contributed by atoms with Crippen LogP contribution >= 0.6 is 22.6 Å². The van der Waals surface area contributed by atoms with E-state index in [2.05, 4.69) is 27.5 Å². The molecule has 0 saturated carbocycles. The van der Waals surface area contributed by atoms with E-state index in [0.717, 1.165) is 54.9 Å². The van der Waals surface area contributed by atoms with Gasteiger partial charge in [0.05, 0.1) is 13.2 Å². The second-order valence-corrected chi connectivity index (χ2v) is 6.59. The van der Waals surface area contributed by atoms with Gasteiger partial charge in [-0.05, 0) is 53.3 Å². The Balaban J connectivity index is 1.61. The normalized spacial score (nSPS) is 24.1. The number of halogens is 1. The second-order valence-electron chi connectivity index (χ2n) is 5.35. The van der Waals surface area contributed by atoms with E-state index >= 15 is 0 Å². The summed E-state index contributed by atoms with van der Waals surface area (Å²) in [4.78, 5) is 16.9. The molecule has 0 aliphatic carbocycles. The van der Waals surface area contributed by atoms with Crippen molar-refractivity contribution in [3.05, 3.63) is 33.4 Å². The van der Waals surface area contributed by atoms with Crippen molar-refractivity contribution in [2.45, 2.75) is 12.5 Å². The van der Waals surface area contributed by atoms with Gasteiger partial charge in [0.15, 0.2) is 0 Å². The van der Waals surface area contributed by atoms with Crippen molar-refractivity contribution in [3.8, 4) is 0 Å². The molecular formula is C15H19IN2O2. The number of ether oxygens (including phenoxy) is 1. The molecule has 1 aromatic carbocycles. The Morgan fingerprint density at radius 3 is 2.55 bits per heavy atom. The Bertz CT molecular complexity index is 471. The summed E-state index contributed by atoms with van der Waals surface area (Å²) in [5.41, 5.74) is 0.799. The fraction of sp³-hybridized carbons (Fsp3) is 0.533. The first-order valence-electron chi connectivity index (χ1n) is 7.11. The van der Waals surface area contributed by atoms with Crippen LogP contribution < -0.4 is 0 Å². The van der Waals surface area contributed by atoms with Crippen LogP contribution in [0, 0.1) is 3.57 Å². The molecule has 5 heteroatoms. The van der Waals surface area contributed by atoms with Crippen molar-refractivity contribution in [3.63, 3.8) is 0 Å². The summed E-state index contributed by atoms with van der Waals surface area (Å²) in [7, 11) is 0. The largest absolute Gasteiger partial charge is 0.379 e. The second kappa shape index (κ2) is 6.41. The van der Waals surface area contributed by atoms with Gasteiger partial charge in [0.2, 0.25) is 0 Å². The lowest BCUT2D eigenvalue weighted by molar-refractivity contribution is 0.0185. The van der Waals surface area contributed by atoms with E-state index in [1.54, 1.807) is 0 Å². The summed E-state index contributed by atoms with van der Waals surface area (Å²) in [6.45, 7) is 5.35. The van der Waals surface area contributed by atoms with E-state index in [1.807, 2.05) is 29.2 Å². The molecule has 2 heterocycles. The van der Waals surface area contributed by atoms with Crippen LogP contribution in [0.25, 0.3) is 0 Å². The molecule has 1 unspecified atom stereocenters. The first-order valence-corrected chi connectivity index (χ1v) is 8.18. The quantitative estimate of drug-likeness (QED) is 0.728. The Hall–Kier alpha value is -0.660. The van der Waals surface area contributed by atoms with Gasteiger partial charge < -0.3 is 9.64 Å². The molecule has 4 nitrogen and oxygen atoms in total. The van der Waals surface area contributed by atoms with Crippen LogP contribution in [0.4, 0.5) is 0 Å². The van der Waals surface area contributed by atoms with Gasteiger partial charge in [-0.1, -0.05) is 0 Å². The summed E-state index contributed by atoms with van der Waals surface area (Å²) >= 11 is 2.26. The third-order valence-electron chi connectivity index (χ3n) is 4.10. The Labute approximate surface area is 133 Å². The molecule has 0 N–H and O–H groups in total. The highest BCUT2D eigenvalue weighted by atomic mass is 127. The Morgan fingerprint density at radius 1 is 1.15 bits per heavy atom. The van der Waals surface area contributed by atoms with Gasteiger partial charge in [-0.15, -0.1) is 0 Å². The first kappa shape index (κ1) is 14.3. The Morgan fingerprint density at radius 2 is 1.85 bits per heavy atom. The zero-order chi connectivity index (χ0) is 13.9. The third kappa shape index (κ3) is 3.15. The lowest BCUT2D eigenvalue weighted by Gasteiger charge is -2.32. The van der Waals surface area contributed by atoms with E-state index in [9.17, 15) is 4.79 Å². The van der Waals surface area contributed by atoms with E-state index in [1.165, 1.54) is 0 Å². The van der Waals surface area contributed by atoms with Crippen LogP contribution in [0.3, 0.4) is 0 Å². The third-order valence-corrected chi connectivity index (χ3v) is 4.82. The number of carbonyl (C=O) groups excluding carboxylic acids is 1. The van der Waals surface area contributed by atoms with E-state index < -0.39 is 0 Å². The lowest BCUT2D eigenvalue weighted by Crippen LogP contribution is -2.45. The molecule has 108 valence electrons. The molecule has 0 aromatic heterocycles. The SMILES string of the molecule is O=C(c1ccc(I)cc1)N1CCC(N2CCOCC2)C1. The fourth-order valence-corrected chi connectivity index (χ4v) is 3.30. The molecule has 3 rings (SSSR count). The number of morpholine rings is 1. The molecule has 20 heavy (non-hydrogen) atoms. The van der Waals surface area contributed by atoms with Crippen molar-refractivity contribution in [1.29, 1.82) is 0 Å². The predicted molar refractivity (Wildman–Crippen MR) is 85.9 cm³/mol. The van der Waals surface area contributed by atoms with E-state index in [0.29, 0.717) is 6.04 Å². The maximum atomic E-state index is 12.5.